The molecule has 0 amide bonds. The molecule has 1 fully saturated rings. The molecule has 1 aromatic rings. The molecule has 1 saturated heterocycles. The van der Waals surface area contributed by atoms with E-state index in [1.807, 2.05) is 29.2 Å². The first-order chi connectivity index (χ1) is 8.72. The summed E-state index contributed by atoms with van der Waals surface area (Å²) in [7, 11) is 0. The highest BCUT2D eigenvalue weighted by molar-refractivity contribution is 9.10. The van der Waals surface area contributed by atoms with E-state index in [1.165, 1.54) is 0 Å². The Bertz CT molecular complexity index is 466. The van der Waals surface area contributed by atoms with Crippen LogP contribution in [0.5, 0.6) is 0 Å². The molecule has 94 valence electrons. The van der Waals surface area contributed by atoms with E-state index >= 15 is 0 Å². The minimum atomic E-state index is -0.179. The summed E-state index contributed by atoms with van der Waals surface area (Å²) < 4.78 is 1.02. The Morgan fingerprint density at radius 3 is 2.61 bits per heavy atom. The molecule has 1 aliphatic rings. The molecule has 3 nitrogen and oxygen atoms in total. The lowest BCUT2D eigenvalue weighted by atomic mass is 9.76. The fourth-order valence-electron chi connectivity index (χ4n) is 2.59. The second-order valence-corrected chi connectivity index (χ2v) is 5.30. The lowest BCUT2D eigenvalue weighted by molar-refractivity contribution is -0.00730. The third kappa shape index (κ3) is 2.22. The second kappa shape index (κ2) is 5.66. The number of aliphatic hydroxyl groups is 1. The minimum Gasteiger partial charge on any atom is -0.395 e. The van der Waals surface area contributed by atoms with E-state index < -0.39 is 0 Å². The van der Waals surface area contributed by atoms with Crippen LogP contribution in [0, 0.1) is 11.3 Å². The summed E-state index contributed by atoms with van der Waals surface area (Å²) >= 11 is 3.40. The monoisotopic (exact) mass is 306 g/mol. The lowest BCUT2D eigenvalue weighted by Gasteiger charge is -2.51. The summed E-state index contributed by atoms with van der Waals surface area (Å²) in [5, 5.41) is 18.8. The molecule has 2 rings (SSSR count). The molecule has 0 aliphatic carbocycles. The van der Waals surface area contributed by atoms with Crippen molar-refractivity contribution < 1.29 is 5.11 Å². The van der Waals surface area contributed by atoms with Gasteiger partial charge in [0.2, 0.25) is 0 Å². The summed E-state index contributed by atoms with van der Waals surface area (Å²) in [6.45, 7) is 4.39. The van der Waals surface area contributed by atoms with Crippen molar-refractivity contribution in [3.8, 4) is 6.07 Å². The maximum Gasteiger partial charge on any atom is 0.107 e. The predicted molar refractivity (Wildman–Crippen MR) is 74.1 cm³/mol. The zero-order chi connectivity index (χ0) is 13.1. The molecule has 0 spiro atoms. The summed E-state index contributed by atoms with van der Waals surface area (Å²) in [5.41, 5.74) is 1.10. The molecule has 0 saturated carbocycles. The Morgan fingerprint density at radius 2 is 2.11 bits per heavy atom. The predicted octanol–water partition coefficient (Wildman–Crippen LogP) is 2.29. The standard InChI is InChI=1S/C14H15BrN2O/c1-2-7-17-12(8-16)14(13(17)9-18)10-3-5-11(15)6-4-10/h2-6,12-14,18H,1,7,9H2/t12-,13-,14+/m1/s1. The molecular weight excluding hydrogens is 292 g/mol. The molecule has 0 unspecified atom stereocenters. The van der Waals surface area contributed by atoms with Gasteiger partial charge in [-0.1, -0.05) is 34.1 Å². The van der Waals surface area contributed by atoms with Crippen molar-refractivity contribution in [2.45, 2.75) is 18.0 Å². The van der Waals surface area contributed by atoms with Gasteiger partial charge < -0.3 is 5.11 Å². The van der Waals surface area contributed by atoms with Gasteiger partial charge in [-0.3, -0.25) is 4.90 Å². The number of benzene rings is 1. The first-order valence-corrected chi connectivity index (χ1v) is 6.64. The van der Waals surface area contributed by atoms with Gasteiger partial charge in [0.15, 0.2) is 0 Å². The number of rotatable bonds is 4. The van der Waals surface area contributed by atoms with E-state index in [0.717, 1.165) is 10.0 Å². The SMILES string of the molecule is C=CCN1[C@H](C#N)[C@H](c2ccc(Br)cc2)[C@H]1CO. The van der Waals surface area contributed by atoms with E-state index in [1.54, 1.807) is 6.08 Å². The van der Waals surface area contributed by atoms with Crippen molar-refractivity contribution in [3.05, 3.63) is 47.0 Å². The minimum absolute atomic E-state index is 0.00817. The van der Waals surface area contributed by atoms with Crippen molar-refractivity contribution in [3.63, 3.8) is 0 Å². The smallest absolute Gasteiger partial charge is 0.107 e. The number of halogens is 1. The average Bonchev–Trinajstić information content (AvgIpc) is 2.37. The number of hydrogen-bond acceptors (Lipinski definition) is 3. The van der Waals surface area contributed by atoms with Crippen LogP contribution in [0.15, 0.2) is 41.4 Å². The molecule has 0 bridgehead atoms. The lowest BCUT2D eigenvalue weighted by Crippen LogP contribution is -2.63. The molecule has 1 N–H and O–H groups in total. The van der Waals surface area contributed by atoms with Crippen LogP contribution in [0.3, 0.4) is 0 Å². The van der Waals surface area contributed by atoms with E-state index in [9.17, 15) is 10.4 Å². The number of aliphatic hydroxyl groups excluding tert-OH is 1. The number of likely N-dealkylation sites (tertiary alicyclic amines) is 1. The fourth-order valence-corrected chi connectivity index (χ4v) is 2.85. The first-order valence-electron chi connectivity index (χ1n) is 5.85. The third-order valence-corrected chi connectivity index (χ3v) is 3.98. The highest BCUT2D eigenvalue weighted by atomic mass is 79.9. The highest BCUT2D eigenvalue weighted by Crippen LogP contribution is 2.40. The second-order valence-electron chi connectivity index (χ2n) is 4.39. The van der Waals surface area contributed by atoms with Crippen molar-refractivity contribution in [1.29, 1.82) is 5.26 Å². The maximum absolute atomic E-state index is 9.49. The Labute approximate surface area is 115 Å². The quantitative estimate of drug-likeness (QED) is 0.868. The van der Waals surface area contributed by atoms with Crippen LogP contribution >= 0.6 is 15.9 Å². The molecule has 4 heteroatoms. The molecule has 18 heavy (non-hydrogen) atoms. The third-order valence-electron chi connectivity index (χ3n) is 3.45. The number of nitriles is 1. The van der Waals surface area contributed by atoms with E-state index in [0.29, 0.717) is 6.54 Å². The van der Waals surface area contributed by atoms with Crippen LogP contribution in [0.1, 0.15) is 11.5 Å². The zero-order valence-electron chi connectivity index (χ0n) is 9.96. The average molecular weight is 307 g/mol. The van der Waals surface area contributed by atoms with Gasteiger partial charge in [-0.25, -0.2) is 0 Å². The van der Waals surface area contributed by atoms with Gasteiger partial charge in [0.1, 0.15) is 6.04 Å². The molecule has 1 aromatic carbocycles. The van der Waals surface area contributed by atoms with E-state index in [2.05, 4.69) is 28.6 Å². The molecule has 3 atom stereocenters. The molecule has 1 heterocycles. The Hall–Kier alpha value is -1.15. The highest BCUT2D eigenvalue weighted by Gasteiger charge is 2.48. The molecule has 0 aromatic heterocycles. The van der Waals surface area contributed by atoms with Gasteiger partial charge in [0.05, 0.1) is 12.7 Å². The normalized spacial score (nSPS) is 27.3. The van der Waals surface area contributed by atoms with Crippen LogP contribution in [0.2, 0.25) is 0 Å². The summed E-state index contributed by atoms with van der Waals surface area (Å²) in [6, 6.07) is 10.1. The Kier molecular flexibility index (Phi) is 4.18. The van der Waals surface area contributed by atoms with Gasteiger partial charge in [0, 0.05) is 23.0 Å². The van der Waals surface area contributed by atoms with Crippen LogP contribution in [0.25, 0.3) is 0 Å². The summed E-state index contributed by atoms with van der Waals surface area (Å²) in [4.78, 5) is 1.99. The number of hydrogen-bond donors (Lipinski definition) is 1. The first kappa shape index (κ1) is 13.3. The molecule has 0 radical (unpaired) electrons. The fraction of sp³-hybridized carbons (Fsp3) is 0.357. The van der Waals surface area contributed by atoms with Gasteiger partial charge in [-0.15, -0.1) is 6.58 Å². The summed E-state index contributed by atoms with van der Waals surface area (Å²) in [5.74, 6) is 0.0769. The van der Waals surface area contributed by atoms with Crippen LogP contribution in [-0.2, 0) is 0 Å². The molecular formula is C14H15BrN2O. The Morgan fingerprint density at radius 1 is 1.44 bits per heavy atom. The number of nitrogens with zero attached hydrogens (tertiary/aromatic N) is 2. The van der Waals surface area contributed by atoms with Gasteiger partial charge in [-0.2, -0.15) is 5.26 Å². The van der Waals surface area contributed by atoms with Crippen LogP contribution < -0.4 is 0 Å². The van der Waals surface area contributed by atoms with Crippen LogP contribution in [-0.4, -0.2) is 35.2 Å². The van der Waals surface area contributed by atoms with Crippen molar-refractivity contribution in [1.82, 2.24) is 4.90 Å². The van der Waals surface area contributed by atoms with Crippen molar-refractivity contribution in [2.75, 3.05) is 13.2 Å². The van der Waals surface area contributed by atoms with Gasteiger partial charge in [-0.05, 0) is 17.7 Å². The van der Waals surface area contributed by atoms with Crippen molar-refractivity contribution in [2.24, 2.45) is 0 Å². The largest absolute Gasteiger partial charge is 0.395 e. The molecule has 1 aliphatic heterocycles. The van der Waals surface area contributed by atoms with Crippen LogP contribution in [0.4, 0.5) is 0 Å². The summed E-state index contributed by atoms with van der Waals surface area (Å²) in [6.07, 6.45) is 1.77. The van der Waals surface area contributed by atoms with E-state index in [4.69, 9.17) is 0 Å². The van der Waals surface area contributed by atoms with E-state index in [-0.39, 0.29) is 24.6 Å². The van der Waals surface area contributed by atoms with Gasteiger partial charge in [0.25, 0.3) is 0 Å². The maximum atomic E-state index is 9.49. The Balaban J connectivity index is 2.24. The van der Waals surface area contributed by atoms with Gasteiger partial charge >= 0.3 is 0 Å². The van der Waals surface area contributed by atoms with Crippen molar-refractivity contribution >= 4 is 15.9 Å². The topological polar surface area (TPSA) is 47.3 Å². The zero-order valence-corrected chi connectivity index (χ0v) is 11.5.